The Bertz CT molecular complexity index is 688. The Morgan fingerprint density at radius 3 is 2.52 bits per heavy atom. The molecule has 21 heavy (non-hydrogen) atoms. The SMILES string of the molecule is Cc1ccc(C(=O)N(C)Cc2ccc(Cl)cc2Cl)cc1Br. The number of nitrogens with zero attached hydrogens (tertiary/aromatic N) is 1. The number of benzene rings is 2. The molecule has 0 saturated heterocycles. The summed E-state index contributed by atoms with van der Waals surface area (Å²) >= 11 is 15.5. The van der Waals surface area contributed by atoms with E-state index in [0.717, 1.165) is 15.6 Å². The molecule has 0 unspecified atom stereocenters. The lowest BCUT2D eigenvalue weighted by atomic mass is 10.1. The lowest BCUT2D eigenvalue weighted by Crippen LogP contribution is -2.26. The summed E-state index contributed by atoms with van der Waals surface area (Å²) in [6.45, 7) is 2.41. The molecule has 0 aliphatic rings. The molecule has 0 aliphatic carbocycles. The molecule has 0 spiro atoms. The Hall–Kier alpha value is -1.03. The predicted octanol–water partition coefficient (Wildman–Crippen LogP) is 5.34. The lowest BCUT2D eigenvalue weighted by molar-refractivity contribution is 0.0785. The van der Waals surface area contributed by atoms with E-state index in [1.807, 2.05) is 31.2 Å². The van der Waals surface area contributed by atoms with Gasteiger partial charge in [-0.05, 0) is 42.3 Å². The largest absolute Gasteiger partial charge is 0.337 e. The normalized spacial score (nSPS) is 10.5. The summed E-state index contributed by atoms with van der Waals surface area (Å²) in [7, 11) is 1.75. The van der Waals surface area contributed by atoms with Crippen LogP contribution in [-0.2, 0) is 6.54 Å². The van der Waals surface area contributed by atoms with Crippen molar-refractivity contribution in [1.29, 1.82) is 0 Å². The van der Waals surface area contributed by atoms with E-state index < -0.39 is 0 Å². The van der Waals surface area contributed by atoms with Gasteiger partial charge in [-0.3, -0.25) is 4.79 Å². The van der Waals surface area contributed by atoms with Crippen molar-refractivity contribution in [3.63, 3.8) is 0 Å². The van der Waals surface area contributed by atoms with Gasteiger partial charge >= 0.3 is 0 Å². The van der Waals surface area contributed by atoms with Crippen molar-refractivity contribution >= 4 is 45.0 Å². The van der Waals surface area contributed by atoms with E-state index in [9.17, 15) is 4.79 Å². The molecule has 1 amide bonds. The Kier molecular flexibility index (Phi) is 5.31. The first kappa shape index (κ1) is 16.3. The Balaban J connectivity index is 2.17. The average Bonchev–Trinajstić information content (AvgIpc) is 2.44. The molecule has 0 aliphatic heterocycles. The van der Waals surface area contributed by atoms with Crippen molar-refractivity contribution in [2.24, 2.45) is 0 Å². The Labute approximate surface area is 142 Å². The Morgan fingerprint density at radius 2 is 1.90 bits per heavy atom. The van der Waals surface area contributed by atoms with Gasteiger partial charge in [0.15, 0.2) is 0 Å². The number of halogens is 3. The second-order valence-corrected chi connectivity index (χ2v) is 6.56. The van der Waals surface area contributed by atoms with Gasteiger partial charge in [0.05, 0.1) is 0 Å². The number of amides is 1. The molecule has 0 fully saturated rings. The molecule has 2 aromatic rings. The van der Waals surface area contributed by atoms with Gasteiger partial charge in [-0.25, -0.2) is 0 Å². The molecule has 0 radical (unpaired) electrons. The zero-order chi connectivity index (χ0) is 15.6. The van der Waals surface area contributed by atoms with Gasteiger partial charge in [-0.15, -0.1) is 0 Å². The molecule has 2 nitrogen and oxygen atoms in total. The number of aryl methyl sites for hydroxylation is 1. The molecular weight excluding hydrogens is 373 g/mol. The van der Waals surface area contributed by atoms with Crippen LogP contribution in [0.3, 0.4) is 0 Å². The van der Waals surface area contributed by atoms with Crippen LogP contribution in [0.1, 0.15) is 21.5 Å². The highest BCUT2D eigenvalue weighted by molar-refractivity contribution is 9.10. The third-order valence-corrected chi connectivity index (χ3v) is 4.63. The van der Waals surface area contributed by atoms with Gasteiger partial charge < -0.3 is 4.90 Å². The summed E-state index contributed by atoms with van der Waals surface area (Å²) in [5.41, 5.74) is 2.60. The molecule has 5 heteroatoms. The van der Waals surface area contributed by atoms with Gasteiger partial charge in [0.25, 0.3) is 5.91 Å². The summed E-state index contributed by atoms with van der Waals surface area (Å²) in [6, 6.07) is 10.8. The molecular formula is C16H14BrCl2NO. The summed E-state index contributed by atoms with van der Waals surface area (Å²) in [4.78, 5) is 14.1. The van der Waals surface area contributed by atoms with Gasteiger partial charge in [0, 0.05) is 33.7 Å². The standard InChI is InChI=1S/C16H14BrCl2NO/c1-10-3-4-11(7-14(10)17)16(21)20(2)9-12-5-6-13(18)8-15(12)19/h3-8H,9H2,1-2H3. The van der Waals surface area contributed by atoms with Crippen molar-refractivity contribution in [3.05, 3.63) is 67.6 Å². The summed E-state index contributed by atoms with van der Waals surface area (Å²) < 4.78 is 0.922. The summed E-state index contributed by atoms with van der Waals surface area (Å²) in [6.07, 6.45) is 0. The second kappa shape index (κ2) is 6.82. The Morgan fingerprint density at radius 1 is 1.19 bits per heavy atom. The average molecular weight is 387 g/mol. The van der Waals surface area contributed by atoms with E-state index >= 15 is 0 Å². The minimum atomic E-state index is -0.0540. The maximum absolute atomic E-state index is 12.4. The van der Waals surface area contributed by atoms with Crippen LogP contribution in [0.25, 0.3) is 0 Å². The first-order valence-corrected chi connectivity index (χ1v) is 7.89. The minimum absolute atomic E-state index is 0.0540. The molecule has 110 valence electrons. The number of carbonyl (C=O) groups excluding carboxylic acids is 1. The van der Waals surface area contributed by atoms with Crippen LogP contribution in [-0.4, -0.2) is 17.9 Å². The van der Waals surface area contributed by atoms with E-state index in [1.165, 1.54) is 0 Å². The maximum atomic E-state index is 12.4. The van der Waals surface area contributed by atoms with E-state index in [-0.39, 0.29) is 5.91 Å². The van der Waals surface area contributed by atoms with Crippen LogP contribution in [0.5, 0.6) is 0 Å². The van der Waals surface area contributed by atoms with Crippen molar-refractivity contribution in [3.8, 4) is 0 Å². The molecule has 0 aromatic heterocycles. The van der Waals surface area contributed by atoms with Gasteiger partial charge in [0.1, 0.15) is 0 Å². The van der Waals surface area contributed by atoms with E-state index in [1.54, 1.807) is 24.1 Å². The lowest BCUT2D eigenvalue weighted by Gasteiger charge is -2.18. The first-order chi connectivity index (χ1) is 9.88. The molecule has 0 N–H and O–H groups in total. The van der Waals surface area contributed by atoms with Crippen molar-refractivity contribution in [2.45, 2.75) is 13.5 Å². The topological polar surface area (TPSA) is 20.3 Å². The number of rotatable bonds is 3. The van der Waals surface area contributed by atoms with Crippen LogP contribution >= 0.6 is 39.1 Å². The second-order valence-electron chi connectivity index (χ2n) is 4.86. The van der Waals surface area contributed by atoms with Crippen LogP contribution in [0.15, 0.2) is 40.9 Å². The van der Waals surface area contributed by atoms with Gasteiger partial charge in [-0.1, -0.05) is 51.3 Å². The first-order valence-electron chi connectivity index (χ1n) is 6.34. The molecule has 2 rings (SSSR count). The maximum Gasteiger partial charge on any atom is 0.253 e. The fraction of sp³-hybridized carbons (Fsp3) is 0.188. The van der Waals surface area contributed by atoms with Crippen molar-refractivity contribution < 1.29 is 4.79 Å². The molecule has 0 bridgehead atoms. The van der Waals surface area contributed by atoms with Crippen LogP contribution in [0, 0.1) is 6.92 Å². The number of hydrogen-bond acceptors (Lipinski definition) is 1. The van der Waals surface area contributed by atoms with Gasteiger partial charge in [-0.2, -0.15) is 0 Å². The van der Waals surface area contributed by atoms with E-state index in [4.69, 9.17) is 23.2 Å². The number of carbonyl (C=O) groups is 1. The summed E-state index contributed by atoms with van der Waals surface area (Å²) in [5.74, 6) is -0.0540. The third kappa shape index (κ3) is 4.00. The highest BCUT2D eigenvalue weighted by Crippen LogP contribution is 2.23. The zero-order valence-corrected chi connectivity index (χ0v) is 14.8. The van der Waals surface area contributed by atoms with Crippen molar-refractivity contribution in [1.82, 2.24) is 4.90 Å². The smallest absolute Gasteiger partial charge is 0.253 e. The van der Waals surface area contributed by atoms with Crippen LogP contribution < -0.4 is 0 Å². The quantitative estimate of drug-likeness (QED) is 0.697. The summed E-state index contributed by atoms with van der Waals surface area (Å²) in [5, 5.41) is 1.15. The van der Waals surface area contributed by atoms with E-state index in [0.29, 0.717) is 22.2 Å². The highest BCUT2D eigenvalue weighted by Gasteiger charge is 2.14. The van der Waals surface area contributed by atoms with Crippen LogP contribution in [0.2, 0.25) is 10.0 Å². The predicted molar refractivity (Wildman–Crippen MR) is 91.1 cm³/mol. The molecule has 0 saturated carbocycles. The fourth-order valence-corrected chi connectivity index (χ4v) is 2.77. The van der Waals surface area contributed by atoms with Crippen molar-refractivity contribution in [2.75, 3.05) is 7.05 Å². The fourth-order valence-electron chi connectivity index (χ4n) is 1.92. The molecule has 0 atom stereocenters. The third-order valence-electron chi connectivity index (χ3n) is 3.19. The van der Waals surface area contributed by atoms with E-state index in [2.05, 4.69) is 15.9 Å². The zero-order valence-electron chi connectivity index (χ0n) is 11.7. The highest BCUT2D eigenvalue weighted by atomic mass is 79.9. The van der Waals surface area contributed by atoms with Crippen LogP contribution in [0.4, 0.5) is 0 Å². The monoisotopic (exact) mass is 385 g/mol. The molecule has 2 aromatic carbocycles. The molecule has 0 heterocycles. The van der Waals surface area contributed by atoms with Gasteiger partial charge in [0.2, 0.25) is 0 Å². The number of hydrogen-bond donors (Lipinski definition) is 0. The minimum Gasteiger partial charge on any atom is -0.337 e.